The first kappa shape index (κ1) is 47.3. The normalized spacial score (nSPS) is 36.7. The number of aliphatic hydroxyl groups excluding tert-OH is 10. The van der Waals surface area contributed by atoms with Crippen molar-refractivity contribution in [3.8, 4) is 0 Å². The van der Waals surface area contributed by atoms with Crippen molar-refractivity contribution in [2.75, 3.05) is 79.2 Å². The van der Waals surface area contributed by atoms with E-state index in [4.69, 9.17) is 47.4 Å². The van der Waals surface area contributed by atoms with Gasteiger partial charge in [0.25, 0.3) is 0 Å². The fourth-order valence-electron chi connectivity index (χ4n) is 5.56. The standard InChI is InChI=1S/C32H55NO22/c1-2-20(38)49-12-11-48-10-9-47-8-7-46-5-3-19(37)33-4-6-50-31-28(25(43)22(40)17(14-35)52-31)55-32-29(26(44)23(41)18(15-36)53-32)54-30-27(45)24(42)21(39)16(13-34)51-30/h2,16-18,21-32,34-36,39-45H,1,3-15H2,(H,33,37)/t16-,17-,18-,21-,22-,23-,24+,25+,26+,27+,28+,29+,30+,31-,32+/m1/s1. The van der Waals surface area contributed by atoms with Crippen LogP contribution < -0.4 is 5.32 Å². The van der Waals surface area contributed by atoms with Gasteiger partial charge in [0.15, 0.2) is 18.9 Å². The van der Waals surface area contributed by atoms with Crippen LogP contribution in [0.5, 0.6) is 0 Å². The van der Waals surface area contributed by atoms with E-state index in [-0.39, 0.29) is 65.8 Å². The number of carbonyl (C=O) groups excluding carboxylic acids is 2. The molecule has 3 saturated heterocycles. The first-order valence-electron chi connectivity index (χ1n) is 17.6. The molecule has 3 rings (SSSR count). The lowest BCUT2D eigenvalue weighted by atomic mass is 9.96. The van der Waals surface area contributed by atoms with Crippen LogP contribution in [-0.4, -0.2) is 234 Å². The molecule has 15 atom stereocenters. The lowest BCUT2D eigenvalue weighted by molar-refractivity contribution is -0.393. The Morgan fingerprint density at radius 1 is 0.564 bits per heavy atom. The molecule has 0 aromatic carbocycles. The van der Waals surface area contributed by atoms with Crippen molar-refractivity contribution in [1.82, 2.24) is 5.32 Å². The van der Waals surface area contributed by atoms with E-state index < -0.39 is 124 Å². The van der Waals surface area contributed by atoms with Crippen molar-refractivity contribution in [3.05, 3.63) is 12.7 Å². The molecule has 0 aromatic heterocycles. The zero-order chi connectivity index (χ0) is 40.5. The Morgan fingerprint density at radius 2 is 1.02 bits per heavy atom. The highest BCUT2D eigenvalue weighted by molar-refractivity contribution is 5.81. The second-order valence-electron chi connectivity index (χ2n) is 12.5. The Morgan fingerprint density at radius 3 is 1.56 bits per heavy atom. The van der Waals surface area contributed by atoms with Gasteiger partial charge in [-0.15, -0.1) is 0 Å². The van der Waals surface area contributed by atoms with Gasteiger partial charge in [0.05, 0.1) is 66.1 Å². The number of amides is 1. The van der Waals surface area contributed by atoms with E-state index in [1.54, 1.807) is 0 Å². The van der Waals surface area contributed by atoms with Crippen LogP contribution in [0.3, 0.4) is 0 Å². The molecule has 55 heavy (non-hydrogen) atoms. The molecule has 3 aliphatic rings. The molecule has 3 fully saturated rings. The van der Waals surface area contributed by atoms with E-state index in [0.717, 1.165) is 6.08 Å². The minimum Gasteiger partial charge on any atom is -0.460 e. The van der Waals surface area contributed by atoms with Crippen molar-refractivity contribution in [2.24, 2.45) is 0 Å². The third-order valence-corrected chi connectivity index (χ3v) is 8.64. The lowest BCUT2D eigenvalue weighted by Gasteiger charge is -2.48. The zero-order valence-electron chi connectivity index (χ0n) is 30.0. The summed E-state index contributed by atoms with van der Waals surface area (Å²) in [5.41, 5.74) is 0. The maximum Gasteiger partial charge on any atom is 0.330 e. The van der Waals surface area contributed by atoms with Crippen molar-refractivity contribution < 1.29 is 108 Å². The second-order valence-corrected chi connectivity index (χ2v) is 12.5. The smallest absolute Gasteiger partial charge is 0.330 e. The molecule has 0 spiro atoms. The van der Waals surface area contributed by atoms with Gasteiger partial charge in [0, 0.05) is 19.0 Å². The highest BCUT2D eigenvalue weighted by Gasteiger charge is 2.54. The molecule has 0 radical (unpaired) electrons. The molecule has 320 valence electrons. The highest BCUT2D eigenvalue weighted by atomic mass is 16.8. The van der Waals surface area contributed by atoms with E-state index in [9.17, 15) is 60.7 Å². The van der Waals surface area contributed by atoms with Crippen LogP contribution in [-0.2, 0) is 57.0 Å². The summed E-state index contributed by atoms with van der Waals surface area (Å²) in [4.78, 5) is 23.2. The number of carbonyl (C=O) groups is 2. The summed E-state index contributed by atoms with van der Waals surface area (Å²) in [5, 5.41) is 105. The van der Waals surface area contributed by atoms with Crippen molar-refractivity contribution >= 4 is 11.9 Å². The van der Waals surface area contributed by atoms with Crippen LogP contribution in [0.25, 0.3) is 0 Å². The Hall–Kier alpha value is -2.08. The lowest BCUT2D eigenvalue weighted by Crippen LogP contribution is -2.67. The van der Waals surface area contributed by atoms with Gasteiger partial charge in [0.1, 0.15) is 79.9 Å². The molecule has 0 aromatic rings. The Balaban J connectivity index is 1.49. The van der Waals surface area contributed by atoms with Crippen LogP contribution in [0, 0.1) is 0 Å². The molecule has 1 amide bonds. The average molecular weight is 806 g/mol. The Kier molecular flexibility index (Phi) is 21.2. The quantitative estimate of drug-likeness (QED) is 0.0245. The number of hydrogen-bond acceptors (Lipinski definition) is 22. The topological polar surface area (TPSA) is 341 Å². The Bertz CT molecular complexity index is 1120. The number of ether oxygens (including phenoxy) is 10. The van der Waals surface area contributed by atoms with Crippen molar-refractivity contribution in [1.29, 1.82) is 0 Å². The van der Waals surface area contributed by atoms with Gasteiger partial charge in [-0.1, -0.05) is 6.58 Å². The maximum absolute atomic E-state index is 12.3. The molecule has 0 aliphatic carbocycles. The van der Waals surface area contributed by atoms with Crippen LogP contribution in [0.1, 0.15) is 6.42 Å². The fourth-order valence-corrected chi connectivity index (χ4v) is 5.56. The van der Waals surface area contributed by atoms with E-state index in [2.05, 4.69) is 11.9 Å². The SMILES string of the molecule is C=CC(=O)OCCOCCOCCOCCC(=O)NCCO[C@@H]1O[C@H](CO)[C@@H](O)[C@H](O)[C@@H]1O[C@@H]1O[C@H](CO)[C@@H](O)[C@H](O)[C@@H]1O[C@@H]1O[C@H](CO)[C@@H](O)[C@H](O)[C@@H]1O. The predicted molar refractivity (Wildman–Crippen MR) is 176 cm³/mol. The van der Waals surface area contributed by atoms with E-state index in [1.807, 2.05) is 0 Å². The van der Waals surface area contributed by atoms with Gasteiger partial charge in [-0.25, -0.2) is 4.79 Å². The number of esters is 1. The van der Waals surface area contributed by atoms with E-state index in [1.165, 1.54) is 0 Å². The van der Waals surface area contributed by atoms with E-state index in [0.29, 0.717) is 0 Å². The summed E-state index contributed by atoms with van der Waals surface area (Å²) in [5.74, 6) is -0.938. The van der Waals surface area contributed by atoms with Gasteiger partial charge >= 0.3 is 5.97 Å². The first-order valence-corrected chi connectivity index (χ1v) is 17.6. The van der Waals surface area contributed by atoms with Crippen LogP contribution >= 0.6 is 0 Å². The molecule has 0 bridgehead atoms. The fraction of sp³-hybridized carbons (Fsp3) is 0.875. The molecule has 11 N–H and O–H groups in total. The summed E-state index contributed by atoms with van der Waals surface area (Å²) in [6.07, 6.45) is -24.8. The zero-order valence-corrected chi connectivity index (χ0v) is 30.0. The third-order valence-electron chi connectivity index (χ3n) is 8.64. The van der Waals surface area contributed by atoms with E-state index >= 15 is 0 Å². The molecular weight excluding hydrogens is 750 g/mol. The Labute approximate surface area is 315 Å². The van der Waals surface area contributed by atoms with Crippen molar-refractivity contribution in [3.63, 3.8) is 0 Å². The number of nitrogens with one attached hydrogen (secondary N) is 1. The third kappa shape index (κ3) is 14.1. The number of aliphatic hydroxyl groups is 10. The second kappa shape index (κ2) is 24.6. The molecule has 0 unspecified atom stereocenters. The minimum atomic E-state index is -1.94. The van der Waals surface area contributed by atoms with Crippen molar-refractivity contribution in [2.45, 2.75) is 98.5 Å². The molecule has 0 saturated carbocycles. The predicted octanol–water partition coefficient (Wildman–Crippen LogP) is -7.26. The van der Waals surface area contributed by atoms with Crippen LogP contribution in [0.4, 0.5) is 0 Å². The van der Waals surface area contributed by atoms with Crippen LogP contribution in [0.15, 0.2) is 12.7 Å². The molecule has 3 aliphatic heterocycles. The largest absolute Gasteiger partial charge is 0.460 e. The molecule has 23 heteroatoms. The molecule has 23 nitrogen and oxygen atoms in total. The summed E-state index contributed by atoms with van der Waals surface area (Å²) < 4.78 is 54.4. The number of hydrogen-bond donors (Lipinski definition) is 11. The average Bonchev–Trinajstić information content (AvgIpc) is 3.18. The van der Waals surface area contributed by atoms with Gasteiger partial charge in [-0.3, -0.25) is 4.79 Å². The summed E-state index contributed by atoms with van der Waals surface area (Å²) in [6.45, 7) is 1.96. The summed E-state index contributed by atoms with van der Waals surface area (Å²) >= 11 is 0. The van der Waals surface area contributed by atoms with Gasteiger partial charge in [-0.2, -0.15) is 0 Å². The first-order chi connectivity index (χ1) is 26.4. The van der Waals surface area contributed by atoms with Gasteiger partial charge < -0.3 is 104 Å². The number of rotatable bonds is 24. The monoisotopic (exact) mass is 805 g/mol. The highest BCUT2D eigenvalue weighted by Crippen LogP contribution is 2.33. The van der Waals surface area contributed by atoms with Gasteiger partial charge in [-0.05, 0) is 0 Å². The molecular formula is C32H55NO22. The summed E-state index contributed by atoms with van der Waals surface area (Å²) in [7, 11) is 0. The minimum absolute atomic E-state index is 0.00918. The maximum atomic E-state index is 12.3. The molecule has 3 heterocycles. The summed E-state index contributed by atoms with van der Waals surface area (Å²) in [6, 6.07) is 0. The van der Waals surface area contributed by atoms with Crippen LogP contribution in [0.2, 0.25) is 0 Å². The van der Waals surface area contributed by atoms with Gasteiger partial charge in [0.2, 0.25) is 5.91 Å².